The van der Waals surface area contributed by atoms with E-state index in [1.54, 1.807) is 22.3 Å². The van der Waals surface area contributed by atoms with Crippen LogP contribution < -0.4 is 0 Å². The molecule has 0 N–H and O–H groups in total. The Labute approximate surface area is 150 Å². The van der Waals surface area contributed by atoms with E-state index in [-0.39, 0.29) is 0 Å². The Morgan fingerprint density at radius 2 is 1.20 bits per heavy atom. The molecule has 2 aromatic rings. The lowest BCUT2D eigenvalue weighted by molar-refractivity contribution is 0.358. The number of hydrogen-bond donors (Lipinski definition) is 0. The molecule has 2 atom stereocenters. The van der Waals surface area contributed by atoms with Crippen molar-refractivity contribution in [2.24, 2.45) is 0 Å². The highest BCUT2D eigenvalue weighted by Gasteiger charge is 2.34. The third-order valence-corrected chi connectivity index (χ3v) is 7.81. The molecule has 8 rings (SSSR count). The molecule has 1 nitrogen and oxygen atoms in total. The summed E-state index contributed by atoms with van der Waals surface area (Å²) in [4.78, 5) is 4.92. The Morgan fingerprint density at radius 1 is 0.600 bits per heavy atom. The van der Waals surface area contributed by atoms with Crippen LogP contribution in [0.25, 0.3) is 11.3 Å². The molecule has 1 heteroatoms. The van der Waals surface area contributed by atoms with Gasteiger partial charge in [-0.1, -0.05) is 18.6 Å². The smallest absolute Gasteiger partial charge is 0.0705 e. The summed E-state index contributed by atoms with van der Waals surface area (Å²) in [5.74, 6) is 3.24. The van der Waals surface area contributed by atoms with Gasteiger partial charge in [0, 0.05) is 11.8 Å². The van der Waals surface area contributed by atoms with E-state index in [0.717, 1.165) is 23.7 Å². The molecule has 0 saturated heterocycles. The van der Waals surface area contributed by atoms with Crippen molar-refractivity contribution in [1.82, 2.24) is 4.98 Å². The first-order valence-corrected chi connectivity index (χ1v) is 10.5. The second kappa shape index (κ2) is 5.43. The zero-order chi connectivity index (χ0) is 16.4. The van der Waals surface area contributed by atoms with Crippen LogP contribution in [0.3, 0.4) is 0 Å². The van der Waals surface area contributed by atoms with Crippen LogP contribution in [0.15, 0.2) is 30.5 Å². The molecule has 0 amide bonds. The first-order chi connectivity index (χ1) is 12.4. The van der Waals surface area contributed by atoms with Crippen LogP contribution >= 0.6 is 0 Å². The van der Waals surface area contributed by atoms with Crippen molar-refractivity contribution in [2.45, 2.75) is 81.5 Å². The molecule has 0 aliphatic heterocycles. The fourth-order valence-corrected chi connectivity index (χ4v) is 6.43. The summed E-state index contributed by atoms with van der Waals surface area (Å²) in [6, 6.07) is 9.75. The summed E-state index contributed by atoms with van der Waals surface area (Å²) in [6.45, 7) is 0. The Bertz CT molecular complexity index is 824. The standard InChI is InChI=1S/C24H27N/c1-2-15-4-5-16(3-1)21-12-19(10-11-20(15)21)24-13-22-17-6-8-18(9-7-17)23(22)14-25-24/h10-18H,1-9H2. The van der Waals surface area contributed by atoms with Gasteiger partial charge in [-0.3, -0.25) is 4.98 Å². The fraction of sp³-hybridized carbons (Fsp3) is 0.542. The Kier molecular flexibility index (Phi) is 3.16. The Morgan fingerprint density at radius 3 is 1.96 bits per heavy atom. The van der Waals surface area contributed by atoms with Gasteiger partial charge in [0.1, 0.15) is 0 Å². The van der Waals surface area contributed by atoms with Crippen molar-refractivity contribution in [1.29, 1.82) is 0 Å². The number of rotatable bonds is 1. The highest BCUT2D eigenvalue weighted by atomic mass is 14.7. The molecule has 1 heterocycles. The van der Waals surface area contributed by atoms with Gasteiger partial charge in [-0.2, -0.15) is 0 Å². The minimum Gasteiger partial charge on any atom is -0.256 e. The molecule has 25 heavy (non-hydrogen) atoms. The summed E-state index contributed by atoms with van der Waals surface area (Å²) in [5, 5.41) is 0. The van der Waals surface area contributed by atoms with E-state index in [1.165, 1.54) is 69.0 Å². The lowest BCUT2D eigenvalue weighted by Crippen LogP contribution is -2.21. The molecule has 2 fully saturated rings. The van der Waals surface area contributed by atoms with Crippen LogP contribution in [0, 0.1) is 0 Å². The van der Waals surface area contributed by atoms with Crippen molar-refractivity contribution >= 4 is 0 Å². The van der Waals surface area contributed by atoms with Crippen molar-refractivity contribution in [3.8, 4) is 11.3 Å². The third-order valence-electron chi connectivity index (χ3n) is 7.81. The lowest BCUT2D eigenvalue weighted by Gasteiger charge is -2.38. The van der Waals surface area contributed by atoms with E-state index in [9.17, 15) is 0 Å². The number of aromatic nitrogens is 1. The van der Waals surface area contributed by atoms with Crippen molar-refractivity contribution in [2.75, 3.05) is 0 Å². The average Bonchev–Trinajstić information content (AvgIpc) is 3.03. The Hall–Kier alpha value is -1.63. The van der Waals surface area contributed by atoms with Crippen molar-refractivity contribution < 1.29 is 0 Å². The predicted octanol–water partition coefficient (Wildman–Crippen LogP) is 6.65. The van der Waals surface area contributed by atoms with Gasteiger partial charge in [-0.05, 0) is 109 Å². The molecule has 4 bridgehead atoms. The van der Waals surface area contributed by atoms with Gasteiger partial charge < -0.3 is 0 Å². The SMILES string of the molecule is c1cc2c(cc1-c1cc3c(cn1)C1CCC3CC1)C1CCCC2CC1. The van der Waals surface area contributed by atoms with E-state index in [2.05, 4.69) is 30.5 Å². The van der Waals surface area contributed by atoms with Crippen molar-refractivity contribution in [3.05, 3.63) is 52.7 Å². The lowest BCUT2D eigenvalue weighted by atomic mass is 9.67. The summed E-state index contributed by atoms with van der Waals surface area (Å²) in [6.07, 6.45) is 14.8. The highest BCUT2D eigenvalue weighted by molar-refractivity contribution is 5.64. The first-order valence-electron chi connectivity index (χ1n) is 10.5. The molecule has 1 aromatic heterocycles. The topological polar surface area (TPSA) is 12.9 Å². The average molecular weight is 329 g/mol. The Balaban J connectivity index is 1.44. The molecule has 0 spiro atoms. The van der Waals surface area contributed by atoms with Crippen LogP contribution in [0.1, 0.15) is 104 Å². The minimum absolute atomic E-state index is 0.796. The van der Waals surface area contributed by atoms with Crippen LogP contribution in [-0.2, 0) is 0 Å². The highest BCUT2D eigenvalue weighted by Crippen LogP contribution is 2.50. The van der Waals surface area contributed by atoms with E-state index in [1.807, 2.05) is 0 Å². The van der Waals surface area contributed by atoms with Gasteiger partial charge >= 0.3 is 0 Å². The largest absolute Gasteiger partial charge is 0.256 e. The second-order valence-electron chi connectivity index (χ2n) is 8.99. The zero-order valence-electron chi connectivity index (χ0n) is 15.0. The predicted molar refractivity (Wildman–Crippen MR) is 102 cm³/mol. The maximum Gasteiger partial charge on any atom is 0.0705 e. The van der Waals surface area contributed by atoms with Gasteiger partial charge in [-0.25, -0.2) is 0 Å². The zero-order valence-corrected chi connectivity index (χ0v) is 15.0. The third kappa shape index (κ3) is 2.17. The molecule has 2 unspecified atom stereocenters. The molecular weight excluding hydrogens is 302 g/mol. The van der Waals surface area contributed by atoms with E-state index < -0.39 is 0 Å². The van der Waals surface area contributed by atoms with Crippen LogP contribution in [-0.4, -0.2) is 4.98 Å². The molecule has 1 aromatic carbocycles. The number of pyridine rings is 1. The summed E-state index contributed by atoms with van der Waals surface area (Å²) in [5.41, 5.74) is 9.09. The number of benzene rings is 1. The van der Waals surface area contributed by atoms with Gasteiger partial charge in [0.05, 0.1) is 5.69 Å². The molecule has 128 valence electrons. The summed E-state index contributed by atoms with van der Waals surface area (Å²) >= 11 is 0. The number of hydrogen-bond acceptors (Lipinski definition) is 1. The maximum absolute atomic E-state index is 4.92. The van der Waals surface area contributed by atoms with Gasteiger partial charge in [-0.15, -0.1) is 0 Å². The molecule has 2 saturated carbocycles. The van der Waals surface area contributed by atoms with Crippen LogP contribution in [0.5, 0.6) is 0 Å². The monoisotopic (exact) mass is 329 g/mol. The van der Waals surface area contributed by atoms with Crippen LogP contribution in [0.4, 0.5) is 0 Å². The molecule has 0 radical (unpaired) electrons. The van der Waals surface area contributed by atoms with E-state index in [0.29, 0.717) is 0 Å². The van der Waals surface area contributed by atoms with E-state index in [4.69, 9.17) is 4.98 Å². The van der Waals surface area contributed by atoms with Crippen molar-refractivity contribution in [3.63, 3.8) is 0 Å². The normalized spacial score (nSPS) is 32.2. The number of nitrogens with zero attached hydrogens (tertiary/aromatic N) is 1. The van der Waals surface area contributed by atoms with E-state index >= 15 is 0 Å². The van der Waals surface area contributed by atoms with Gasteiger partial charge in [0.2, 0.25) is 0 Å². The summed E-state index contributed by atoms with van der Waals surface area (Å²) < 4.78 is 0. The molecular formula is C24H27N. The molecule has 6 aliphatic carbocycles. The fourth-order valence-electron chi connectivity index (χ4n) is 6.43. The maximum atomic E-state index is 4.92. The summed E-state index contributed by atoms with van der Waals surface area (Å²) in [7, 11) is 0. The van der Waals surface area contributed by atoms with Gasteiger partial charge in [0.15, 0.2) is 0 Å². The second-order valence-corrected chi connectivity index (χ2v) is 8.99. The van der Waals surface area contributed by atoms with Crippen LogP contribution in [0.2, 0.25) is 0 Å². The number of fused-ring (bicyclic) bond motifs is 5. The molecule has 6 aliphatic rings. The first kappa shape index (κ1) is 14.5. The quantitative estimate of drug-likeness (QED) is 0.571. The minimum atomic E-state index is 0.796. The van der Waals surface area contributed by atoms with Gasteiger partial charge in [0.25, 0.3) is 0 Å².